The molecule has 0 aromatic carbocycles. The summed E-state index contributed by atoms with van der Waals surface area (Å²) in [6, 6.07) is 0. The number of carbonyl (C=O) groups is 1. The molecule has 1 saturated heterocycles. The quantitative estimate of drug-likeness (QED) is 0.827. The minimum atomic E-state index is -0.0813. The van der Waals surface area contributed by atoms with Crippen LogP contribution >= 0.6 is 11.6 Å². The Labute approximate surface area is 144 Å². The maximum absolute atomic E-state index is 12.8. The van der Waals surface area contributed by atoms with Gasteiger partial charge in [-0.1, -0.05) is 18.5 Å². The van der Waals surface area contributed by atoms with Gasteiger partial charge in [0.15, 0.2) is 0 Å². The summed E-state index contributed by atoms with van der Waals surface area (Å²) in [4.78, 5) is 17.0. The molecule has 1 aromatic rings. The molecule has 0 unspecified atom stereocenters. The number of piperidine rings is 1. The van der Waals surface area contributed by atoms with Crippen molar-refractivity contribution in [2.75, 3.05) is 33.7 Å². The summed E-state index contributed by atoms with van der Waals surface area (Å²) < 4.78 is 1.86. The average molecular weight is 341 g/mol. The summed E-state index contributed by atoms with van der Waals surface area (Å²) in [5, 5.41) is 5.14. The van der Waals surface area contributed by atoms with E-state index in [1.165, 1.54) is 6.42 Å². The highest BCUT2D eigenvalue weighted by Gasteiger charge is 2.27. The van der Waals surface area contributed by atoms with Gasteiger partial charge in [-0.3, -0.25) is 9.48 Å². The van der Waals surface area contributed by atoms with Gasteiger partial charge in [0.05, 0.1) is 28.9 Å². The maximum atomic E-state index is 12.8. The van der Waals surface area contributed by atoms with E-state index in [1.807, 2.05) is 30.4 Å². The van der Waals surface area contributed by atoms with Gasteiger partial charge in [-0.15, -0.1) is 0 Å². The summed E-state index contributed by atoms with van der Waals surface area (Å²) in [6.45, 7) is 9.23. The lowest BCUT2D eigenvalue weighted by Crippen LogP contribution is -2.45. The fourth-order valence-corrected chi connectivity index (χ4v) is 3.57. The van der Waals surface area contributed by atoms with Crippen molar-refractivity contribution >= 4 is 17.5 Å². The second kappa shape index (κ2) is 7.67. The van der Waals surface area contributed by atoms with Crippen molar-refractivity contribution in [3.05, 3.63) is 16.4 Å². The zero-order chi connectivity index (χ0) is 17.1. The highest BCUT2D eigenvalue weighted by molar-refractivity contribution is 6.31. The Hall–Kier alpha value is -1.07. The van der Waals surface area contributed by atoms with Gasteiger partial charge in [0.25, 0.3) is 0 Å². The van der Waals surface area contributed by atoms with Gasteiger partial charge >= 0.3 is 0 Å². The number of amides is 1. The van der Waals surface area contributed by atoms with Crippen LogP contribution in [0.5, 0.6) is 0 Å². The Morgan fingerprint density at radius 3 is 2.70 bits per heavy atom. The molecular weight excluding hydrogens is 312 g/mol. The number of likely N-dealkylation sites (tertiary alicyclic amines) is 1. The monoisotopic (exact) mass is 340 g/mol. The number of hydrogen-bond donors (Lipinski definition) is 0. The van der Waals surface area contributed by atoms with Gasteiger partial charge in [0, 0.05) is 19.6 Å². The molecule has 0 aliphatic carbocycles. The van der Waals surface area contributed by atoms with Crippen LogP contribution in [0.3, 0.4) is 0 Å². The van der Waals surface area contributed by atoms with Crippen molar-refractivity contribution in [3.8, 4) is 0 Å². The summed E-state index contributed by atoms with van der Waals surface area (Å²) in [6.07, 6.45) is 2.31. The van der Waals surface area contributed by atoms with Crippen LogP contribution in [0, 0.1) is 25.7 Å². The molecule has 0 saturated carbocycles. The molecule has 0 spiro atoms. The largest absolute Gasteiger partial charge is 0.342 e. The van der Waals surface area contributed by atoms with E-state index in [0.717, 1.165) is 37.4 Å². The standard InChI is InChI=1S/C17H29ClN4O/c1-12(9-22-14(3)16(18)13(2)19-22)17(23)21-8-6-7-15(11-21)10-20(4)5/h12,15H,6-11H2,1-5H3/t12-,15+/m1/s1. The molecule has 0 bridgehead atoms. The number of halogens is 1. The smallest absolute Gasteiger partial charge is 0.227 e. The molecule has 2 atom stereocenters. The van der Waals surface area contributed by atoms with Crippen LogP contribution in [0.25, 0.3) is 0 Å². The maximum Gasteiger partial charge on any atom is 0.227 e. The number of hydrogen-bond acceptors (Lipinski definition) is 3. The first-order valence-electron chi connectivity index (χ1n) is 8.42. The summed E-state index contributed by atoms with van der Waals surface area (Å²) >= 11 is 6.19. The van der Waals surface area contributed by atoms with E-state index < -0.39 is 0 Å². The molecule has 5 nitrogen and oxygen atoms in total. The molecule has 1 amide bonds. The van der Waals surface area contributed by atoms with E-state index in [1.54, 1.807) is 0 Å². The van der Waals surface area contributed by atoms with Crippen molar-refractivity contribution < 1.29 is 4.79 Å². The third-order valence-corrected chi connectivity index (χ3v) is 5.16. The van der Waals surface area contributed by atoms with Gasteiger partial charge in [0.2, 0.25) is 5.91 Å². The van der Waals surface area contributed by atoms with Gasteiger partial charge in [-0.05, 0) is 46.7 Å². The van der Waals surface area contributed by atoms with Gasteiger partial charge in [-0.2, -0.15) is 5.10 Å². The predicted octanol–water partition coefficient (Wildman–Crippen LogP) is 2.59. The van der Waals surface area contributed by atoms with Crippen LogP contribution in [0.1, 0.15) is 31.2 Å². The normalized spacial score (nSPS) is 20.1. The fraction of sp³-hybridized carbons (Fsp3) is 0.765. The van der Waals surface area contributed by atoms with Crippen LogP contribution in [0.4, 0.5) is 0 Å². The zero-order valence-electron chi connectivity index (χ0n) is 15.0. The molecule has 0 N–H and O–H groups in total. The van der Waals surface area contributed by atoms with Crippen LogP contribution in [-0.2, 0) is 11.3 Å². The highest BCUT2D eigenvalue weighted by atomic mass is 35.5. The predicted molar refractivity (Wildman–Crippen MR) is 93.7 cm³/mol. The van der Waals surface area contributed by atoms with E-state index in [0.29, 0.717) is 17.5 Å². The Kier molecular flexibility index (Phi) is 6.09. The van der Waals surface area contributed by atoms with Crippen molar-refractivity contribution in [1.29, 1.82) is 0 Å². The van der Waals surface area contributed by atoms with E-state index in [4.69, 9.17) is 11.6 Å². The topological polar surface area (TPSA) is 41.4 Å². The third kappa shape index (κ3) is 4.48. The Balaban J connectivity index is 1.97. The Morgan fingerprint density at radius 1 is 1.43 bits per heavy atom. The Morgan fingerprint density at radius 2 is 2.13 bits per heavy atom. The van der Waals surface area contributed by atoms with Crippen molar-refractivity contribution in [2.45, 2.75) is 40.2 Å². The van der Waals surface area contributed by atoms with E-state index in [2.05, 4.69) is 24.1 Å². The molecule has 6 heteroatoms. The minimum absolute atomic E-state index is 0.0813. The zero-order valence-corrected chi connectivity index (χ0v) is 15.7. The average Bonchev–Trinajstić information content (AvgIpc) is 2.73. The molecule has 1 aliphatic heterocycles. The first kappa shape index (κ1) is 18.3. The third-order valence-electron chi connectivity index (χ3n) is 4.62. The van der Waals surface area contributed by atoms with Gasteiger partial charge in [0.1, 0.15) is 0 Å². The number of rotatable bonds is 5. The lowest BCUT2D eigenvalue weighted by Gasteiger charge is -2.35. The van der Waals surface area contributed by atoms with Crippen molar-refractivity contribution in [1.82, 2.24) is 19.6 Å². The molecular formula is C17H29ClN4O. The van der Waals surface area contributed by atoms with E-state index in [9.17, 15) is 4.79 Å². The lowest BCUT2D eigenvalue weighted by atomic mass is 9.96. The molecule has 23 heavy (non-hydrogen) atoms. The van der Waals surface area contributed by atoms with E-state index in [-0.39, 0.29) is 11.8 Å². The number of carbonyl (C=O) groups excluding carboxylic acids is 1. The summed E-state index contributed by atoms with van der Waals surface area (Å²) in [5.41, 5.74) is 1.76. The van der Waals surface area contributed by atoms with Crippen LogP contribution in [0.2, 0.25) is 5.02 Å². The van der Waals surface area contributed by atoms with Crippen LogP contribution in [0.15, 0.2) is 0 Å². The summed E-state index contributed by atoms with van der Waals surface area (Å²) in [7, 11) is 4.19. The second-order valence-electron chi connectivity index (χ2n) is 7.12. The molecule has 0 radical (unpaired) electrons. The molecule has 1 aliphatic rings. The molecule has 1 aromatic heterocycles. The van der Waals surface area contributed by atoms with Crippen molar-refractivity contribution in [3.63, 3.8) is 0 Å². The Bertz CT molecular complexity index is 555. The molecule has 130 valence electrons. The number of aryl methyl sites for hydroxylation is 1. The minimum Gasteiger partial charge on any atom is -0.342 e. The molecule has 2 rings (SSSR count). The first-order valence-corrected chi connectivity index (χ1v) is 8.80. The molecule has 2 heterocycles. The number of nitrogens with zero attached hydrogens (tertiary/aromatic N) is 4. The van der Waals surface area contributed by atoms with Crippen LogP contribution < -0.4 is 0 Å². The van der Waals surface area contributed by atoms with E-state index >= 15 is 0 Å². The second-order valence-corrected chi connectivity index (χ2v) is 7.50. The summed E-state index contributed by atoms with van der Waals surface area (Å²) in [5.74, 6) is 0.734. The van der Waals surface area contributed by atoms with Crippen LogP contribution in [-0.4, -0.2) is 59.2 Å². The van der Waals surface area contributed by atoms with Gasteiger partial charge in [-0.25, -0.2) is 0 Å². The lowest BCUT2D eigenvalue weighted by molar-refractivity contribution is -0.137. The number of aromatic nitrogens is 2. The fourth-order valence-electron chi connectivity index (χ4n) is 3.43. The van der Waals surface area contributed by atoms with Gasteiger partial charge < -0.3 is 9.80 Å². The van der Waals surface area contributed by atoms with Crippen molar-refractivity contribution in [2.24, 2.45) is 11.8 Å². The molecule has 1 fully saturated rings. The highest BCUT2D eigenvalue weighted by Crippen LogP contribution is 2.22. The SMILES string of the molecule is Cc1nn(C[C@@H](C)C(=O)N2CCC[C@@H](CN(C)C)C2)c(C)c1Cl. The first-order chi connectivity index (χ1) is 10.8.